The molecule has 0 aliphatic carbocycles. The Hall–Kier alpha value is -1.33. The van der Waals surface area contributed by atoms with Crippen molar-refractivity contribution < 1.29 is 4.74 Å². The average Bonchev–Trinajstić information content (AvgIpc) is 2.47. The Morgan fingerprint density at radius 3 is 2.81 bits per heavy atom. The molecule has 3 N–H and O–H groups in total. The first kappa shape index (κ1) is 16.0. The Morgan fingerprint density at radius 2 is 2.10 bits per heavy atom. The standard InChI is InChI=1S/C15H16ClN3O.ClH/c16-13-6-11(10-1-2-19-15(17)8-10)5-12(7-13)14-9-20-4-3-18-14;/h1-2,5-8,14,18H,3-4,9H2,(H2,17,19);1H/t14-;/m0./s1. The normalized spacial score (nSPS) is 18.0. The van der Waals surface area contributed by atoms with Gasteiger partial charge < -0.3 is 15.8 Å². The molecule has 1 fully saturated rings. The quantitative estimate of drug-likeness (QED) is 0.890. The average molecular weight is 326 g/mol. The summed E-state index contributed by atoms with van der Waals surface area (Å²) in [5.74, 6) is 0.503. The van der Waals surface area contributed by atoms with E-state index in [9.17, 15) is 0 Å². The van der Waals surface area contributed by atoms with Crippen LogP contribution in [0.25, 0.3) is 11.1 Å². The highest BCUT2D eigenvalue weighted by molar-refractivity contribution is 6.31. The molecule has 1 aromatic heterocycles. The van der Waals surface area contributed by atoms with Crippen LogP contribution in [0.5, 0.6) is 0 Å². The first-order chi connectivity index (χ1) is 9.72. The fraction of sp³-hybridized carbons (Fsp3) is 0.267. The van der Waals surface area contributed by atoms with Crippen molar-refractivity contribution >= 4 is 29.8 Å². The van der Waals surface area contributed by atoms with Crippen LogP contribution in [-0.4, -0.2) is 24.7 Å². The largest absolute Gasteiger partial charge is 0.384 e. The molecular formula is C15H17Cl2N3O. The molecule has 0 spiro atoms. The fourth-order valence-electron chi connectivity index (χ4n) is 2.39. The van der Waals surface area contributed by atoms with Crippen LogP contribution in [-0.2, 0) is 4.74 Å². The third-order valence-electron chi connectivity index (χ3n) is 3.36. The zero-order chi connectivity index (χ0) is 13.9. The number of nitrogens with two attached hydrogens (primary N) is 1. The lowest BCUT2D eigenvalue weighted by Gasteiger charge is -2.24. The fourth-order valence-corrected chi connectivity index (χ4v) is 2.63. The summed E-state index contributed by atoms with van der Waals surface area (Å²) in [6, 6.07) is 9.98. The molecule has 1 aromatic carbocycles. The van der Waals surface area contributed by atoms with Crippen LogP contribution >= 0.6 is 24.0 Å². The summed E-state index contributed by atoms with van der Waals surface area (Å²) in [6.45, 7) is 2.28. The zero-order valence-corrected chi connectivity index (χ0v) is 13.0. The maximum atomic E-state index is 6.24. The number of nitrogens with zero attached hydrogens (tertiary/aromatic N) is 1. The maximum absolute atomic E-state index is 6.24. The Kier molecular flexibility index (Phi) is 5.42. The van der Waals surface area contributed by atoms with Crippen LogP contribution in [0, 0.1) is 0 Å². The van der Waals surface area contributed by atoms with Gasteiger partial charge in [-0.2, -0.15) is 0 Å². The van der Waals surface area contributed by atoms with Crippen LogP contribution in [0.2, 0.25) is 5.02 Å². The molecule has 21 heavy (non-hydrogen) atoms. The molecule has 2 heterocycles. The molecule has 1 aliphatic rings. The van der Waals surface area contributed by atoms with Crippen molar-refractivity contribution in [3.63, 3.8) is 0 Å². The highest BCUT2D eigenvalue weighted by Gasteiger charge is 2.16. The van der Waals surface area contributed by atoms with E-state index in [0.29, 0.717) is 17.4 Å². The predicted octanol–water partition coefficient (Wildman–Crippen LogP) is 3.07. The molecule has 112 valence electrons. The van der Waals surface area contributed by atoms with Gasteiger partial charge in [0, 0.05) is 17.8 Å². The summed E-state index contributed by atoms with van der Waals surface area (Å²) in [5.41, 5.74) is 8.91. The molecule has 1 saturated heterocycles. The zero-order valence-electron chi connectivity index (χ0n) is 11.4. The minimum absolute atomic E-state index is 0. The Morgan fingerprint density at radius 1 is 1.24 bits per heavy atom. The molecule has 1 aliphatic heterocycles. The van der Waals surface area contributed by atoms with E-state index in [4.69, 9.17) is 22.1 Å². The summed E-state index contributed by atoms with van der Waals surface area (Å²) in [5, 5.41) is 4.14. The van der Waals surface area contributed by atoms with Gasteiger partial charge in [-0.1, -0.05) is 11.6 Å². The molecule has 2 aromatic rings. The molecule has 0 unspecified atom stereocenters. The molecule has 0 radical (unpaired) electrons. The lowest BCUT2D eigenvalue weighted by Crippen LogP contribution is -2.34. The van der Waals surface area contributed by atoms with E-state index < -0.39 is 0 Å². The number of aromatic nitrogens is 1. The van der Waals surface area contributed by atoms with E-state index in [1.165, 1.54) is 0 Å². The van der Waals surface area contributed by atoms with Gasteiger partial charge in [-0.3, -0.25) is 0 Å². The van der Waals surface area contributed by atoms with Gasteiger partial charge in [0.05, 0.1) is 19.3 Å². The van der Waals surface area contributed by atoms with Crippen molar-refractivity contribution in [2.75, 3.05) is 25.5 Å². The van der Waals surface area contributed by atoms with Crippen LogP contribution in [0.3, 0.4) is 0 Å². The molecule has 3 rings (SSSR count). The van der Waals surface area contributed by atoms with Crippen molar-refractivity contribution in [1.29, 1.82) is 0 Å². The van der Waals surface area contributed by atoms with Gasteiger partial charge in [-0.25, -0.2) is 4.98 Å². The van der Waals surface area contributed by atoms with E-state index in [-0.39, 0.29) is 18.4 Å². The lowest BCUT2D eigenvalue weighted by molar-refractivity contribution is 0.0769. The second-order valence-corrected chi connectivity index (χ2v) is 5.26. The smallest absolute Gasteiger partial charge is 0.123 e. The SMILES string of the molecule is Cl.Nc1cc(-c2cc(Cl)cc([C@@H]3COCCN3)c2)ccn1. The lowest BCUT2D eigenvalue weighted by atomic mass is 10.00. The van der Waals surface area contributed by atoms with Gasteiger partial charge in [0.2, 0.25) is 0 Å². The maximum Gasteiger partial charge on any atom is 0.123 e. The van der Waals surface area contributed by atoms with Crippen molar-refractivity contribution in [1.82, 2.24) is 10.3 Å². The summed E-state index contributed by atoms with van der Waals surface area (Å²) in [6.07, 6.45) is 1.70. The number of nitrogens with one attached hydrogen (secondary N) is 1. The molecule has 0 amide bonds. The van der Waals surface area contributed by atoms with Gasteiger partial charge in [-0.15, -0.1) is 12.4 Å². The van der Waals surface area contributed by atoms with Gasteiger partial charge in [0.25, 0.3) is 0 Å². The number of halogens is 2. The van der Waals surface area contributed by atoms with Crippen molar-refractivity contribution in [2.45, 2.75) is 6.04 Å². The number of morpholine rings is 1. The molecule has 4 nitrogen and oxygen atoms in total. The number of ether oxygens (including phenoxy) is 1. The van der Waals surface area contributed by atoms with Crippen molar-refractivity contribution in [3.8, 4) is 11.1 Å². The first-order valence-corrected chi connectivity index (χ1v) is 6.94. The topological polar surface area (TPSA) is 60.2 Å². The third kappa shape index (κ3) is 3.86. The van der Waals surface area contributed by atoms with Crippen LogP contribution < -0.4 is 11.1 Å². The number of hydrogen-bond acceptors (Lipinski definition) is 4. The molecule has 0 saturated carbocycles. The second-order valence-electron chi connectivity index (χ2n) is 4.82. The van der Waals surface area contributed by atoms with Gasteiger partial charge in [0.15, 0.2) is 0 Å². The number of benzene rings is 1. The molecule has 6 heteroatoms. The molecular weight excluding hydrogens is 309 g/mol. The number of pyridine rings is 1. The van der Waals surface area contributed by atoms with Crippen molar-refractivity contribution in [3.05, 3.63) is 47.1 Å². The predicted molar refractivity (Wildman–Crippen MR) is 87.9 cm³/mol. The van der Waals surface area contributed by atoms with Crippen LogP contribution in [0.4, 0.5) is 5.82 Å². The van der Waals surface area contributed by atoms with E-state index in [1.807, 2.05) is 24.3 Å². The monoisotopic (exact) mass is 325 g/mol. The summed E-state index contributed by atoms with van der Waals surface area (Å²) in [7, 11) is 0. The van der Waals surface area contributed by atoms with E-state index in [2.05, 4.69) is 16.4 Å². The Bertz CT molecular complexity index is 616. The van der Waals surface area contributed by atoms with E-state index in [1.54, 1.807) is 6.20 Å². The molecule has 0 bridgehead atoms. The molecule has 1 atom stereocenters. The first-order valence-electron chi connectivity index (χ1n) is 6.56. The van der Waals surface area contributed by atoms with Crippen molar-refractivity contribution in [2.24, 2.45) is 0 Å². The third-order valence-corrected chi connectivity index (χ3v) is 3.58. The summed E-state index contributed by atoms with van der Waals surface area (Å²) < 4.78 is 5.51. The van der Waals surface area contributed by atoms with E-state index in [0.717, 1.165) is 29.8 Å². The Labute approximate surface area is 135 Å². The summed E-state index contributed by atoms with van der Waals surface area (Å²) in [4.78, 5) is 4.01. The summed E-state index contributed by atoms with van der Waals surface area (Å²) >= 11 is 6.24. The van der Waals surface area contributed by atoms with Gasteiger partial charge >= 0.3 is 0 Å². The highest BCUT2D eigenvalue weighted by atomic mass is 35.5. The van der Waals surface area contributed by atoms with Gasteiger partial charge in [-0.05, 0) is 47.0 Å². The highest BCUT2D eigenvalue weighted by Crippen LogP contribution is 2.28. The Balaban J connectivity index is 0.00000161. The minimum atomic E-state index is 0. The number of anilines is 1. The minimum Gasteiger partial charge on any atom is -0.384 e. The number of rotatable bonds is 2. The van der Waals surface area contributed by atoms with E-state index >= 15 is 0 Å². The number of hydrogen-bond donors (Lipinski definition) is 2. The van der Waals surface area contributed by atoms with Gasteiger partial charge in [0.1, 0.15) is 5.82 Å². The van der Waals surface area contributed by atoms with Crippen LogP contribution in [0.15, 0.2) is 36.5 Å². The van der Waals surface area contributed by atoms with Crippen LogP contribution in [0.1, 0.15) is 11.6 Å². The number of nitrogen functional groups attached to an aromatic ring is 1. The second kappa shape index (κ2) is 7.09.